The summed E-state index contributed by atoms with van der Waals surface area (Å²) in [7, 11) is 1.33. The van der Waals surface area contributed by atoms with Crippen molar-refractivity contribution in [3.63, 3.8) is 0 Å². The van der Waals surface area contributed by atoms with Crippen LogP contribution in [0.15, 0.2) is 48.5 Å². The number of carbonyl (C=O) groups is 1. The molecule has 0 unspecified atom stereocenters. The van der Waals surface area contributed by atoms with Crippen LogP contribution in [0.3, 0.4) is 0 Å². The maximum absolute atomic E-state index is 12.0. The van der Waals surface area contributed by atoms with Crippen LogP contribution in [0, 0.1) is 6.92 Å². The van der Waals surface area contributed by atoms with Crippen LogP contribution < -0.4 is 0 Å². The molecule has 10 heteroatoms. The average Bonchev–Trinajstić information content (AvgIpc) is 3.31. The second kappa shape index (κ2) is 7.89. The van der Waals surface area contributed by atoms with E-state index < -0.39 is 5.97 Å². The minimum absolute atomic E-state index is 0.0465. The monoisotopic (exact) mass is 466 g/mol. The van der Waals surface area contributed by atoms with E-state index in [2.05, 4.69) is 15.3 Å². The molecule has 5 aromatic rings. The van der Waals surface area contributed by atoms with Crippen molar-refractivity contribution in [3.05, 3.63) is 70.0 Å². The third-order valence-electron chi connectivity index (χ3n) is 5.11. The van der Waals surface area contributed by atoms with Crippen LogP contribution >= 0.6 is 23.2 Å². The van der Waals surface area contributed by atoms with Gasteiger partial charge in [-0.15, -0.1) is 10.2 Å². The van der Waals surface area contributed by atoms with Gasteiger partial charge < -0.3 is 4.74 Å². The second-order valence-electron chi connectivity index (χ2n) is 7.17. The van der Waals surface area contributed by atoms with E-state index in [-0.39, 0.29) is 6.42 Å². The van der Waals surface area contributed by atoms with Crippen LogP contribution in [0.5, 0.6) is 0 Å². The van der Waals surface area contributed by atoms with Gasteiger partial charge in [-0.05, 0) is 48.9 Å². The molecule has 8 nitrogen and oxygen atoms in total. The Labute approximate surface area is 192 Å². The van der Waals surface area contributed by atoms with Crippen LogP contribution in [0.25, 0.3) is 33.6 Å². The topological polar surface area (TPSA) is 87.2 Å². The molecular weight excluding hydrogens is 451 g/mol. The molecule has 3 heterocycles. The molecule has 160 valence electrons. The Kier molecular flexibility index (Phi) is 5.03. The van der Waals surface area contributed by atoms with Crippen molar-refractivity contribution in [1.29, 1.82) is 0 Å². The Morgan fingerprint density at radius 3 is 2.53 bits per heavy atom. The van der Waals surface area contributed by atoms with Gasteiger partial charge in [0, 0.05) is 10.0 Å². The fourth-order valence-corrected chi connectivity index (χ4v) is 3.98. The Morgan fingerprint density at radius 1 is 1.03 bits per heavy atom. The van der Waals surface area contributed by atoms with E-state index in [9.17, 15) is 4.79 Å². The van der Waals surface area contributed by atoms with E-state index in [1.807, 2.05) is 43.3 Å². The van der Waals surface area contributed by atoms with E-state index in [4.69, 9.17) is 33.0 Å². The van der Waals surface area contributed by atoms with Gasteiger partial charge in [0.15, 0.2) is 16.8 Å². The lowest BCUT2D eigenvalue weighted by Gasteiger charge is -2.05. The van der Waals surface area contributed by atoms with Gasteiger partial charge in [-0.25, -0.2) is 4.68 Å². The zero-order valence-electron chi connectivity index (χ0n) is 17.1. The number of aryl methyl sites for hydroxylation is 1. The minimum atomic E-state index is -0.425. The normalized spacial score (nSPS) is 11.4. The van der Waals surface area contributed by atoms with Crippen molar-refractivity contribution in [2.75, 3.05) is 7.11 Å². The average molecular weight is 467 g/mol. The highest BCUT2D eigenvalue weighted by molar-refractivity contribution is 6.31. The maximum Gasteiger partial charge on any atom is 0.311 e. The third kappa shape index (κ3) is 3.37. The van der Waals surface area contributed by atoms with Gasteiger partial charge in [0.1, 0.15) is 5.69 Å². The fraction of sp³-hybridized carbons (Fsp3) is 0.136. The second-order valence-corrected chi connectivity index (χ2v) is 8.04. The lowest BCUT2D eigenvalue weighted by atomic mass is 10.1. The van der Waals surface area contributed by atoms with E-state index in [1.54, 1.807) is 21.3 Å². The molecule has 0 fully saturated rings. The molecule has 0 aliphatic carbocycles. The number of carbonyl (C=O) groups excluding carboxylic acids is 1. The molecule has 2 aromatic carbocycles. The molecule has 0 saturated heterocycles. The summed E-state index contributed by atoms with van der Waals surface area (Å²) in [6.07, 6.45) is -0.0465. The van der Waals surface area contributed by atoms with Crippen LogP contribution in [0.4, 0.5) is 0 Å². The van der Waals surface area contributed by atoms with Crippen molar-refractivity contribution in [2.45, 2.75) is 13.3 Å². The summed E-state index contributed by atoms with van der Waals surface area (Å²) in [6.45, 7) is 1.90. The lowest BCUT2D eigenvalue weighted by molar-refractivity contribution is -0.139. The van der Waals surface area contributed by atoms with E-state index in [0.717, 1.165) is 22.5 Å². The van der Waals surface area contributed by atoms with Crippen LogP contribution in [0.2, 0.25) is 10.0 Å². The molecule has 0 spiro atoms. The summed E-state index contributed by atoms with van der Waals surface area (Å²) in [4.78, 5) is 12.0. The molecule has 0 radical (unpaired) electrons. The number of methoxy groups -OCH3 is 1. The predicted octanol–water partition coefficient (Wildman–Crippen LogP) is 4.46. The number of esters is 1. The van der Waals surface area contributed by atoms with Crippen LogP contribution in [0.1, 0.15) is 11.4 Å². The molecule has 5 rings (SSSR count). The molecule has 0 saturated carbocycles. The molecule has 3 aromatic heterocycles. The van der Waals surface area contributed by atoms with Gasteiger partial charge in [0.25, 0.3) is 0 Å². The first kappa shape index (κ1) is 20.4. The highest BCUT2D eigenvalue weighted by Gasteiger charge is 2.23. The first-order valence-electron chi connectivity index (χ1n) is 9.68. The number of halogens is 2. The predicted molar refractivity (Wildman–Crippen MR) is 121 cm³/mol. The quantitative estimate of drug-likeness (QED) is 0.363. The maximum atomic E-state index is 12.0. The number of rotatable bonds is 4. The van der Waals surface area contributed by atoms with Gasteiger partial charge >= 0.3 is 5.97 Å². The van der Waals surface area contributed by atoms with E-state index in [0.29, 0.717) is 32.6 Å². The Bertz CT molecular complexity index is 1490. The Morgan fingerprint density at radius 2 is 1.81 bits per heavy atom. The smallest absolute Gasteiger partial charge is 0.311 e. The summed E-state index contributed by atoms with van der Waals surface area (Å²) < 4.78 is 8.20. The molecule has 0 atom stereocenters. The Balaban J connectivity index is 1.83. The van der Waals surface area contributed by atoms with Crippen molar-refractivity contribution in [3.8, 4) is 16.8 Å². The highest BCUT2D eigenvalue weighted by atomic mass is 35.5. The number of aromatic nitrogens is 6. The van der Waals surface area contributed by atoms with E-state index >= 15 is 0 Å². The van der Waals surface area contributed by atoms with E-state index in [1.165, 1.54) is 7.11 Å². The molecule has 0 amide bonds. The summed E-state index contributed by atoms with van der Waals surface area (Å²) in [6, 6.07) is 14.7. The molecule has 0 aliphatic heterocycles. The van der Waals surface area contributed by atoms with Gasteiger partial charge in [-0.1, -0.05) is 35.3 Å². The molecule has 0 bridgehead atoms. The number of hydrogen-bond acceptors (Lipinski definition) is 6. The first-order valence-corrected chi connectivity index (χ1v) is 10.4. The summed E-state index contributed by atoms with van der Waals surface area (Å²) >= 11 is 12.3. The van der Waals surface area contributed by atoms with Crippen molar-refractivity contribution < 1.29 is 9.53 Å². The number of nitrogens with zero attached hydrogens (tertiary/aromatic N) is 6. The van der Waals surface area contributed by atoms with Gasteiger partial charge in [-0.2, -0.15) is 14.7 Å². The van der Waals surface area contributed by atoms with Crippen molar-refractivity contribution in [1.82, 2.24) is 29.6 Å². The molecule has 0 aliphatic rings. The number of hydrogen-bond donors (Lipinski definition) is 0. The molecular formula is C22H16Cl2N6O2. The standard InChI is InChI=1S/C22H16Cl2N6O2/c1-12-19(13-4-3-5-15(24)10-13)21-26-25-20-17(11-18(31)32-2)28-29(22(20)30(21)27-12)16-8-6-14(23)7-9-16/h3-10H,11H2,1-2H3. The zero-order valence-corrected chi connectivity index (χ0v) is 18.6. The largest absolute Gasteiger partial charge is 0.469 e. The first-order chi connectivity index (χ1) is 15.5. The SMILES string of the molecule is COC(=O)Cc1nn(-c2ccc(Cl)cc2)c2c1nnc1c(-c3cccc(Cl)c3)c(C)nn12. The zero-order chi connectivity index (χ0) is 22.4. The number of fused-ring (bicyclic) bond motifs is 3. The molecule has 32 heavy (non-hydrogen) atoms. The van der Waals surface area contributed by atoms with Gasteiger partial charge in [0.05, 0.1) is 30.5 Å². The lowest BCUT2D eigenvalue weighted by Crippen LogP contribution is -2.06. The van der Waals surface area contributed by atoms with Crippen molar-refractivity contribution >= 4 is 46.0 Å². The fourth-order valence-electron chi connectivity index (χ4n) is 3.66. The number of ether oxygens (including phenoxy) is 1. The van der Waals surface area contributed by atoms with Gasteiger partial charge in [-0.3, -0.25) is 4.79 Å². The highest BCUT2D eigenvalue weighted by Crippen LogP contribution is 2.31. The van der Waals surface area contributed by atoms with Crippen molar-refractivity contribution in [2.24, 2.45) is 0 Å². The summed E-state index contributed by atoms with van der Waals surface area (Å²) in [5.41, 5.74) is 5.22. The molecule has 0 N–H and O–H groups in total. The third-order valence-corrected chi connectivity index (χ3v) is 5.60. The van der Waals surface area contributed by atoms with Crippen LogP contribution in [-0.4, -0.2) is 42.7 Å². The summed E-state index contributed by atoms with van der Waals surface area (Å²) in [5, 5.41) is 19.4. The minimum Gasteiger partial charge on any atom is -0.469 e. The number of benzene rings is 2. The van der Waals surface area contributed by atoms with Crippen LogP contribution in [-0.2, 0) is 16.0 Å². The summed E-state index contributed by atoms with van der Waals surface area (Å²) in [5.74, 6) is -0.425. The van der Waals surface area contributed by atoms with Gasteiger partial charge in [0.2, 0.25) is 0 Å². The Hall–Kier alpha value is -3.49.